The topological polar surface area (TPSA) is 72.5 Å². The van der Waals surface area contributed by atoms with Crippen molar-refractivity contribution in [3.63, 3.8) is 0 Å². The zero-order chi connectivity index (χ0) is 16.9. The van der Waals surface area contributed by atoms with Crippen molar-refractivity contribution in [1.29, 1.82) is 0 Å². The second-order valence-corrected chi connectivity index (χ2v) is 6.75. The van der Waals surface area contributed by atoms with Crippen molar-refractivity contribution >= 4 is 15.8 Å². The van der Waals surface area contributed by atoms with Crippen LogP contribution in [0.4, 0.5) is 0 Å². The molecular formula is C17H19NO4S. The molecule has 0 aliphatic rings. The summed E-state index contributed by atoms with van der Waals surface area (Å²) >= 11 is 0. The molecule has 0 radical (unpaired) electrons. The van der Waals surface area contributed by atoms with E-state index < -0.39 is 10.0 Å². The van der Waals surface area contributed by atoms with Crippen LogP contribution in [0.2, 0.25) is 0 Å². The SMILES string of the molecule is CCOc1ccc(CNS(=O)(=O)c2cccc(C(C)=O)c2)cc1. The van der Waals surface area contributed by atoms with Crippen LogP contribution in [-0.4, -0.2) is 20.8 Å². The minimum atomic E-state index is -3.67. The molecule has 2 aromatic carbocycles. The number of hydrogen-bond acceptors (Lipinski definition) is 4. The van der Waals surface area contributed by atoms with Crippen LogP contribution in [0.5, 0.6) is 5.75 Å². The summed E-state index contributed by atoms with van der Waals surface area (Å²) in [6.45, 7) is 4.05. The standard InChI is InChI=1S/C17H19NO4S/c1-3-22-16-9-7-14(8-10-16)12-18-23(20,21)17-6-4-5-15(11-17)13(2)19/h4-11,18H,3,12H2,1-2H3. The highest BCUT2D eigenvalue weighted by molar-refractivity contribution is 7.89. The summed E-state index contributed by atoms with van der Waals surface area (Å²) < 4.78 is 32.5. The second-order valence-electron chi connectivity index (χ2n) is 4.99. The molecule has 2 aromatic rings. The number of sulfonamides is 1. The maximum atomic E-state index is 12.3. The van der Waals surface area contributed by atoms with Gasteiger partial charge < -0.3 is 4.74 Å². The molecule has 6 heteroatoms. The molecule has 23 heavy (non-hydrogen) atoms. The summed E-state index contributed by atoms with van der Waals surface area (Å²) in [5, 5.41) is 0. The van der Waals surface area contributed by atoms with Crippen LogP contribution < -0.4 is 9.46 Å². The molecule has 0 bridgehead atoms. The van der Waals surface area contributed by atoms with Gasteiger partial charge in [0.1, 0.15) is 5.75 Å². The van der Waals surface area contributed by atoms with Gasteiger partial charge in [-0.3, -0.25) is 4.79 Å². The van der Waals surface area contributed by atoms with E-state index in [9.17, 15) is 13.2 Å². The van der Waals surface area contributed by atoms with E-state index in [-0.39, 0.29) is 17.2 Å². The van der Waals surface area contributed by atoms with Gasteiger partial charge in [0.15, 0.2) is 5.78 Å². The van der Waals surface area contributed by atoms with Gasteiger partial charge in [0.2, 0.25) is 10.0 Å². The number of carbonyl (C=O) groups is 1. The first-order valence-corrected chi connectivity index (χ1v) is 8.73. The third-order valence-corrected chi connectivity index (χ3v) is 4.65. The van der Waals surface area contributed by atoms with Crippen molar-refractivity contribution in [2.24, 2.45) is 0 Å². The van der Waals surface area contributed by atoms with Crippen molar-refractivity contribution < 1.29 is 17.9 Å². The smallest absolute Gasteiger partial charge is 0.240 e. The molecule has 0 fully saturated rings. The lowest BCUT2D eigenvalue weighted by molar-refractivity contribution is 0.101. The number of hydrogen-bond donors (Lipinski definition) is 1. The first kappa shape index (κ1) is 17.2. The molecule has 0 spiro atoms. The number of benzene rings is 2. The van der Waals surface area contributed by atoms with Gasteiger partial charge in [0.05, 0.1) is 11.5 Å². The van der Waals surface area contributed by atoms with E-state index in [4.69, 9.17) is 4.74 Å². The van der Waals surface area contributed by atoms with Crippen molar-refractivity contribution in [2.75, 3.05) is 6.61 Å². The fourth-order valence-corrected chi connectivity index (χ4v) is 3.08. The first-order valence-electron chi connectivity index (χ1n) is 7.25. The molecule has 0 saturated carbocycles. The fraction of sp³-hybridized carbons (Fsp3) is 0.235. The monoisotopic (exact) mass is 333 g/mol. The van der Waals surface area contributed by atoms with Gasteiger partial charge >= 0.3 is 0 Å². The number of rotatable bonds is 7. The Morgan fingerprint density at radius 2 is 1.83 bits per heavy atom. The van der Waals surface area contributed by atoms with Gasteiger partial charge in [0, 0.05) is 12.1 Å². The van der Waals surface area contributed by atoms with Gasteiger partial charge in [0.25, 0.3) is 0 Å². The summed E-state index contributed by atoms with van der Waals surface area (Å²) in [6, 6.07) is 13.2. The van der Waals surface area contributed by atoms with Crippen LogP contribution >= 0.6 is 0 Å². The van der Waals surface area contributed by atoms with E-state index in [1.54, 1.807) is 36.4 Å². The van der Waals surface area contributed by atoms with Gasteiger partial charge in [-0.05, 0) is 43.7 Å². The van der Waals surface area contributed by atoms with Crippen LogP contribution in [0.25, 0.3) is 0 Å². The Hall–Kier alpha value is -2.18. The Bertz CT molecular complexity index is 782. The highest BCUT2D eigenvalue weighted by Gasteiger charge is 2.15. The Kier molecular flexibility index (Phi) is 5.52. The summed E-state index contributed by atoms with van der Waals surface area (Å²) in [5.74, 6) is 0.571. The summed E-state index contributed by atoms with van der Waals surface area (Å²) in [7, 11) is -3.67. The molecule has 0 amide bonds. The number of Topliss-reactive ketones (excluding diaryl/α,β-unsaturated/α-hetero) is 1. The number of ketones is 1. The molecule has 0 aliphatic heterocycles. The lowest BCUT2D eigenvalue weighted by Crippen LogP contribution is -2.23. The molecule has 0 atom stereocenters. The average Bonchev–Trinajstić information content (AvgIpc) is 2.55. The van der Waals surface area contributed by atoms with E-state index in [2.05, 4.69) is 4.72 Å². The number of ether oxygens (including phenoxy) is 1. The third kappa shape index (κ3) is 4.64. The van der Waals surface area contributed by atoms with E-state index >= 15 is 0 Å². The summed E-state index contributed by atoms with van der Waals surface area (Å²) in [6.07, 6.45) is 0. The first-order chi connectivity index (χ1) is 10.9. The van der Waals surface area contributed by atoms with E-state index in [0.717, 1.165) is 11.3 Å². The van der Waals surface area contributed by atoms with Crippen molar-refractivity contribution in [3.8, 4) is 5.75 Å². The van der Waals surface area contributed by atoms with E-state index in [0.29, 0.717) is 12.2 Å². The molecule has 0 unspecified atom stereocenters. The quantitative estimate of drug-likeness (QED) is 0.791. The zero-order valence-corrected chi connectivity index (χ0v) is 13.9. The lowest BCUT2D eigenvalue weighted by atomic mass is 10.2. The molecule has 5 nitrogen and oxygen atoms in total. The summed E-state index contributed by atoms with van der Waals surface area (Å²) in [5.41, 5.74) is 1.19. The van der Waals surface area contributed by atoms with Crippen LogP contribution in [-0.2, 0) is 16.6 Å². The Morgan fingerprint density at radius 3 is 2.43 bits per heavy atom. The molecule has 2 rings (SSSR count). The van der Waals surface area contributed by atoms with Crippen LogP contribution in [0.3, 0.4) is 0 Å². The highest BCUT2D eigenvalue weighted by atomic mass is 32.2. The Labute approximate surface area is 136 Å². The van der Waals surface area contributed by atoms with E-state index in [1.165, 1.54) is 19.1 Å². The number of nitrogens with one attached hydrogen (secondary N) is 1. The normalized spacial score (nSPS) is 11.2. The molecule has 0 aromatic heterocycles. The van der Waals surface area contributed by atoms with Crippen molar-refractivity contribution in [3.05, 3.63) is 59.7 Å². The zero-order valence-electron chi connectivity index (χ0n) is 13.1. The molecule has 0 aliphatic carbocycles. The highest BCUT2D eigenvalue weighted by Crippen LogP contribution is 2.15. The molecule has 1 N–H and O–H groups in total. The molecule has 122 valence electrons. The van der Waals surface area contributed by atoms with Gasteiger partial charge in [-0.25, -0.2) is 13.1 Å². The number of carbonyl (C=O) groups excluding carboxylic acids is 1. The second kappa shape index (κ2) is 7.39. The summed E-state index contributed by atoms with van der Waals surface area (Å²) in [4.78, 5) is 11.4. The molecular weight excluding hydrogens is 314 g/mol. The van der Waals surface area contributed by atoms with Crippen molar-refractivity contribution in [1.82, 2.24) is 4.72 Å². The van der Waals surface area contributed by atoms with Crippen molar-refractivity contribution in [2.45, 2.75) is 25.3 Å². The van der Waals surface area contributed by atoms with Gasteiger partial charge in [-0.15, -0.1) is 0 Å². The van der Waals surface area contributed by atoms with Gasteiger partial charge in [-0.2, -0.15) is 0 Å². The fourth-order valence-electron chi connectivity index (χ4n) is 2.01. The Morgan fingerprint density at radius 1 is 1.13 bits per heavy atom. The maximum absolute atomic E-state index is 12.3. The molecule has 0 saturated heterocycles. The largest absolute Gasteiger partial charge is 0.494 e. The lowest BCUT2D eigenvalue weighted by Gasteiger charge is -2.09. The maximum Gasteiger partial charge on any atom is 0.240 e. The van der Waals surface area contributed by atoms with E-state index in [1.807, 2.05) is 6.92 Å². The predicted molar refractivity (Wildman–Crippen MR) is 88.1 cm³/mol. The predicted octanol–water partition coefficient (Wildman–Crippen LogP) is 2.77. The average molecular weight is 333 g/mol. The minimum Gasteiger partial charge on any atom is -0.494 e. The molecule has 0 heterocycles. The van der Waals surface area contributed by atoms with Gasteiger partial charge in [-0.1, -0.05) is 24.3 Å². The van der Waals surface area contributed by atoms with Crippen LogP contribution in [0.1, 0.15) is 29.8 Å². The van der Waals surface area contributed by atoms with Crippen LogP contribution in [0.15, 0.2) is 53.4 Å². The Balaban J connectivity index is 2.09. The third-order valence-electron chi connectivity index (χ3n) is 3.25. The minimum absolute atomic E-state index is 0.0798. The van der Waals surface area contributed by atoms with Crippen LogP contribution in [0, 0.1) is 0 Å².